The summed E-state index contributed by atoms with van der Waals surface area (Å²) in [6.45, 7) is 0.984. The lowest BCUT2D eigenvalue weighted by atomic mass is 10.0. The van der Waals surface area contributed by atoms with E-state index in [0.717, 1.165) is 23.8 Å². The number of fused-ring (bicyclic) bond motifs is 1. The van der Waals surface area contributed by atoms with Crippen LogP contribution in [0.4, 0.5) is 10.2 Å². The minimum absolute atomic E-state index is 0.0522. The lowest BCUT2D eigenvalue weighted by molar-refractivity contribution is -0.0685. The standard InChI is InChI=1S/C15H16ClFN6O/c16-8-3-10-11(5-19-13(10)18-4-8)14-20-6-12(17)15(22-14)21-9-1-2-23(24)7-9/h3-6,9,13,18-19,24H,1-2,7H2,(H,20,21,22)/t9-,13?/m0/s1. The van der Waals surface area contributed by atoms with Crippen LogP contribution >= 0.6 is 11.6 Å². The van der Waals surface area contributed by atoms with Crippen LogP contribution in [-0.2, 0) is 0 Å². The Labute approximate surface area is 142 Å². The number of nitrogens with zero attached hydrogens (tertiary/aromatic N) is 3. The summed E-state index contributed by atoms with van der Waals surface area (Å²) in [5, 5.41) is 20.5. The van der Waals surface area contributed by atoms with Gasteiger partial charge in [-0.3, -0.25) is 0 Å². The second-order valence-electron chi connectivity index (χ2n) is 5.89. The molecule has 3 aliphatic rings. The van der Waals surface area contributed by atoms with Crippen LogP contribution in [-0.4, -0.2) is 45.5 Å². The summed E-state index contributed by atoms with van der Waals surface area (Å²) in [4.78, 5) is 8.42. The molecule has 0 aromatic carbocycles. The fraction of sp³-hybridized carbons (Fsp3) is 0.333. The third kappa shape index (κ3) is 2.83. The van der Waals surface area contributed by atoms with Crippen LogP contribution < -0.4 is 16.0 Å². The van der Waals surface area contributed by atoms with Crippen molar-refractivity contribution >= 4 is 23.0 Å². The van der Waals surface area contributed by atoms with Gasteiger partial charge >= 0.3 is 0 Å². The van der Waals surface area contributed by atoms with Crippen LogP contribution in [0.5, 0.6) is 0 Å². The molecule has 0 spiro atoms. The largest absolute Gasteiger partial charge is 0.367 e. The van der Waals surface area contributed by atoms with Gasteiger partial charge in [0.25, 0.3) is 0 Å². The van der Waals surface area contributed by atoms with Gasteiger partial charge in [-0.15, -0.1) is 0 Å². The molecule has 1 aromatic heterocycles. The van der Waals surface area contributed by atoms with Crippen molar-refractivity contribution in [2.45, 2.75) is 18.6 Å². The molecule has 0 saturated carbocycles. The average Bonchev–Trinajstić information content (AvgIpc) is 3.15. The van der Waals surface area contributed by atoms with Crippen LogP contribution in [0.2, 0.25) is 0 Å². The number of allylic oxidation sites excluding steroid dienone is 2. The minimum atomic E-state index is -0.521. The molecule has 3 aliphatic heterocycles. The first-order valence-corrected chi connectivity index (χ1v) is 8.01. The number of anilines is 1. The monoisotopic (exact) mass is 350 g/mol. The summed E-state index contributed by atoms with van der Waals surface area (Å²) in [5.74, 6) is 0.0229. The topological polar surface area (TPSA) is 85.3 Å². The first kappa shape index (κ1) is 15.4. The highest BCUT2D eigenvalue weighted by Gasteiger charge is 2.28. The summed E-state index contributed by atoms with van der Waals surface area (Å²) in [7, 11) is 0. The van der Waals surface area contributed by atoms with Crippen molar-refractivity contribution in [1.29, 1.82) is 0 Å². The quantitative estimate of drug-likeness (QED) is 0.655. The van der Waals surface area contributed by atoms with Crippen LogP contribution in [0.3, 0.4) is 0 Å². The number of hydroxylamine groups is 2. The lowest BCUT2D eigenvalue weighted by Crippen LogP contribution is -2.36. The van der Waals surface area contributed by atoms with Crippen molar-refractivity contribution in [2.24, 2.45) is 0 Å². The maximum absolute atomic E-state index is 14.0. The maximum atomic E-state index is 14.0. The third-order valence-electron chi connectivity index (χ3n) is 4.19. The van der Waals surface area contributed by atoms with Gasteiger partial charge in [-0.1, -0.05) is 11.6 Å². The average molecular weight is 351 g/mol. The van der Waals surface area contributed by atoms with Crippen LogP contribution in [0.1, 0.15) is 12.2 Å². The van der Waals surface area contributed by atoms with Crippen molar-refractivity contribution in [1.82, 2.24) is 25.7 Å². The number of aromatic nitrogens is 2. The van der Waals surface area contributed by atoms with E-state index in [1.807, 2.05) is 6.08 Å². The van der Waals surface area contributed by atoms with E-state index >= 15 is 0 Å². The smallest absolute Gasteiger partial charge is 0.183 e. The molecule has 7 nitrogen and oxygen atoms in total. The number of dihydropyridines is 1. The van der Waals surface area contributed by atoms with Crippen LogP contribution in [0, 0.1) is 5.82 Å². The minimum Gasteiger partial charge on any atom is -0.367 e. The summed E-state index contributed by atoms with van der Waals surface area (Å²) in [6.07, 6.45) is 7.10. The molecule has 2 atom stereocenters. The molecule has 0 radical (unpaired) electrons. The molecule has 1 fully saturated rings. The summed E-state index contributed by atoms with van der Waals surface area (Å²) >= 11 is 6.05. The van der Waals surface area contributed by atoms with E-state index in [1.54, 1.807) is 12.4 Å². The van der Waals surface area contributed by atoms with Gasteiger partial charge in [-0.2, -0.15) is 5.06 Å². The van der Waals surface area contributed by atoms with Crippen LogP contribution in [0.25, 0.3) is 5.57 Å². The number of hydrogen-bond donors (Lipinski definition) is 4. The number of halogens is 2. The summed E-state index contributed by atoms with van der Waals surface area (Å²) < 4.78 is 14.0. The molecule has 0 bridgehead atoms. The lowest BCUT2D eigenvalue weighted by Gasteiger charge is -2.19. The van der Waals surface area contributed by atoms with Crippen molar-refractivity contribution in [3.05, 3.63) is 46.9 Å². The highest BCUT2D eigenvalue weighted by molar-refractivity contribution is 6.31. The molecular weight excluding hydrogens is 335 g/mol. The molecule has 4 heterocycles. The fourth-order valence-corrected chi connectivity index (χ4v) is 3.17. The molecule has 126 valence electrons. The Bertz CT molecular complexity index is 764. The third-order valence-corrected chi connectivity index (χ3v) is 4.41. The van der Waals surface area contributed by atoms with Crippen molar-refractivity contribution in [2.75, 3.05) is 18.4 Å². The van der Waals surface area contributed by atoms with Gasteiger partial charge in [0.05, 0.1) is 11.2 Å². The van der Waals surface area contributed by atoms with Crippen molar-refractivity contribution < 1.29 is 9.60 Å². The molecule has 0 aliphatic carbocycles. The Morgan fingerprint density at radius 3 is 3.00 bits per heavy atom. The predicted molar refractivity (Wildman–Crippen MR) is 87.4 cm³/mol. The zero-order chi connectivity index (χ0) is 16.7. The molecule has 4 N–H and O–H groups in total. The van der Waals surface area contributed by atoms with Crippen molar-refractivity contribution in [3.8, 4) is 0 Å². The number of rotatable bonds is 3. The van der Waals surface area contributed by atoms with E-state index in [4.69, 9.17) is 11.6 Å². The zero-order valence-electron chi connectivity index (χ0n) is 12.6. The Morgan fingerprint density at radius 1 is 1.38 bits per heavy atom. The first-order chi connectivity index (χ1) is 11.6. The van der Waals surface area contributed by atoms with Gasteiger partial charge < -0.3 is 21.2 Å². The highest BCUT2D eigenvalue weighted by atomic mass is 35.5. The van der Waals surface area contributed by atoms with Gasteiger partial charge in [0.1, 0.15) is 6.17 Å². The molecule has 1 saturated heterocycles. The molecule has 1 aromatic rings. The van der Waals surface area contributed by atoms with Crippen LogP contribution in [0.15, 0.2) is 35.3 Å². The SMILES string of the molecule is ON1CC[C@H](Nc2nc(C3=CNC4NC=C(Cl)C=C34)ncc2F)C1. The number of nitrogens with one attached hydrogen (secondary N) is 3. The molecule has 0 amide bonds. The molecular formula is C15H16ClFN6O. The summed E-state index contributed by atoms with van der Waals surface area (Å²) in [5.41, 5.74) is 1.67. The van der Waals surface area contributed by atoms with Gasteiger partial charge in [0.2, 0.25) is 0 Å². The van der Waals surface area contributed by atoms with E-state index in [9.17, 15) is 9.60 Å². The molecule has 24 heavy (non-hydrogen) atoms. The normalized spacial score (nSPS) is 26.0. The first-order valence-electron chi connectivity index (χ1n) is 7.63. The molecule has 4 rings (SSSR count). The Kier molecular flexibility index (Phi) is 3.87. The second kappa shape index (κ2) is 6.04. The van der Waals surface area contributed by atoms with E-state index in [0.29, 0.717) is 23.9 Å². The van der Waals surface area contributed by atoms with Gasteiger partial charge in [0.15, 0.2) is 17.5 Å². The maximum Gasteiger partial charge on any atom is 0.183 e. The Hall–Kier alpha value is -2.16. The van der Waals surface area contributed by atoms with E-state index < -0.39 is 5.82 Å². The van der Waals surface area contributed by atoms with E-state index in [2.05, 4.69) is 25.9 Å². The zero-order valence-corrected chi connectivity index (χ0v) is 13.4. The highest BCUT2D eigenvalue weighted by Crippen LogP contribution is 2.31. The summed E-state index contributed by atoms with van der Waals surface area (Å²) in [6, 6.07) is -0.0522. The van der Waals surface area contributed by atoms with Gasteiger partial charge in [-0.05, 0) is 12.5 Å². The number of hydrogen-bond acceptors (Lipinski definition) is 7. The Balaban J connectivity index is 1.60. The van der Waals surface area contributed by atoms with E-state index in [-0.39, 0.29) is 18.0 Å². The van der Waals surface area contributed by atoms with Gasteiger partial charge in [0, 0.05) is 42.7 Å². The Morgan fingerprint density at radius 2 is 2.21 bits per heavy atom. The molecule has 1 unspecified atom stereocenters. The second-order valence-corrected chi connectivity index (χ2v) is 6.32. The predicted octanol–water partition coefficient (Wildman–Crippen LogP) is 1.37. The fourth-order valence-electron chi connectivity index (χ4n) is 2.99. The van der Waals surface area contributed by atoms with E-state index in [1.165, 1.54) is 5.06 Å². The van der Waals surface area contributed by atoms with Gasteiger partial charge in [-0.25, -0.2) is 14.4 Å². The molecule has 9 heteroatoms. The van der Waals surface area contributed by atoms with Crippen molar-refractivity contribution in [3.63, 3.8) is 0 Å².